The first-order valence-electron chi connectivity index (χ1n) is 4.90. The molecule has 0 aliphatic heterocycles. The predicted molar refractivity (Wildman–Crippen MR) is 66.5 cm³/mol. The highest BCUT2D eigenvalue weighted by Crippen LogP contribution is 2.30. The molecule has 0 bridgehead atoms. The molecular formula is C11H15BO2S. The van der Waals surface area contributed by atoms with E-state index in [0.717, 1.165) is 17.1 Å². The maximum atomic E-state index is 5.88. The zero-order valence-electron chi connectivity index (χ0n) is 9.06. The van der Waals surface area contributed by atoms with Gasteiger partial charge in [-0.3, -0.25) is 0 Å². The summed E-state index contributed by atoms with van der Waals surface area (Å²) in [5.41, 5.74) is 1.01. The van der Waals surface area contributed by atoms with E-state index < -0.39 is 0 Å². The number of benzene rings is 1. The Labute approximate surface area is 97.8 Å². The molecule has 2 nitrogen and oxygen atoms in total. The summed E-state index contributed by atoms with van der Waals surface area (Å²) in [6, 6.07) is 5.70. The van der Waals surface area contributed by atoms with Crippen molar-refractivity contribution in [2.24, 2.45) is 0 Å². The highest BCUT2D eigenvalue weighted by Gasteiger charge is 2.08. The minimum atomic E-state index is -0.0709. The van der Waals surface area contributed by atoms with Gasteiger partial charge in [0.1, 0.15) is 0 Å². The van der Waals surface area contributed by atoms with Crippen LogP contribution in [0.1, 0.15) is 18.3 Å². The van der Waals surface area contributed by atoms with Gasteiger partial charge in [-0.2, -0.15) is 12.6 Å². The molecule has 1 aromatic carbocycles. The number of hydrogen-bond donors (Lipinski definition) is 1. The lowest BCUT2D eigenvalue weighted by Crippen LogP contribution is -2.02. The van der Waals surface area contributed by atoms with Crippen LogP contribution in [-0.2, 0) is 0 Å². The molecule has 0 unspecified atom stereocenters. The minimum Gasteiger partial charge on any atom is -0.493 e. The zero-order chi connectivity index (χ0) is 11.3. The molecule has 4 heteroatoms. The lowest BCUT2D eigenvalue weighted by atomic mass is 9.83. The Kier molecular flexibility index (Phi) is 4.89. The highest BCUT2D eigenvalue weighted by molar-refractivity contribution is 7.80. The van der Waals surface area contributed by atoms with Crippen LogP contribution in [0.15, 0.2) is 18.2 Å². The van der Waals surface area contributed by atoms with Gasteiger partial charge in [0.05, 0.1) is 21.6 Å². The molecular weight excluding hydrogens is 207 g/mol. The molecule has 0 spiro atoms. The van der Waals surface area contributed by atoms with Crippen LogP contribution in [-0.4, -0.2) is 27.3 Å². The van der Waals surface area contributed by atoms with E-state index in [1.807, 2.05) is 25.1 Å². The molecule has 1 atom stereocenters. The number of ether oxygens (including phenoxy) is 2. The Balaban J connectivity index is 2.98. The molecule has 0 aromatic heterocycles. The summed E-state index contributed by atoms with van der Waals surface area (Å²) in [5, 5.41) is 0. The fraction of sp³-hybridized carbons (Fsp3) is 0.455. The normalized spacial score (nSPS) is 12.2. The third-order valence-electron chi connectivity index (χ3n) is 2.11. The van der Waals surface area contributed by atoms with Crippen LogP contribution >= 0.6 is 12.6 Å². The lowest BCUT2D eigenvalue weighted by Gasteiger charge is -2.14. The molecule has 80 valence electrons. The Hall–Kier alpha value is -0.765. The Morgan fingerprint density at radius 1 is 1.40 bits per heavy atom. The zero-order valence-corrected chi connectivity index (χ0v) is 9.96. The van der Waals surface area contributed by atoms with Crippen LogP contribution in [0.2, 0.25) is 0 Å². The largest absolute Gasteiger partial charge is 0.493 e. The van der Waals surface area contributed by atoms with E-state index in [1.165, 1.54) is 0 Å². The third kappa shape index (κ3) is 3.09. The molecule has 2 radical (unpaired) electrons. The van der Waals surface area contributed by atoms with Crippen LogP contribution in [0.4, 0.5) is 0 Å². The minimum absolute atomic E-state index is 0.0709. The summed E-state index contributed by atoms with van der Waals surface area (Å²) < 4.78 is 10.6. The van der Waals surface area contributed by atoms with Gasteiger partial charge < -0.3 is 9.47 Å². The standard InChI is InChI=1S/C11H15BO2S/c1-3-14-11-6-8(9(12)7-15)4-5-10(11)13-2/h4-6,9,15H,3,7H2,1-2H3/t9-/m0/s1. The van der Waals surface area contributed by atoms with E-state index >= 15 is 0 Å². The van der Waals surface area contributed by atoms with Crippen molar-refractivity contribution in [2.75, 3.05) is 19.5 Å². The third-order valence-corrected chi connectivity index (χ3v) is 2.51. The van der Waals surface area contributed by atoms with Gasteiger partial charge in [0.15, 0.2) is 11.5 Å². The first-order chi connectivity index (χ1) is 7.22. The fourth-order valence-electron chi connectivity index (χ4n) is 1.30. The molecule has 0 heterocycles. The maximum Gasteiger partial charge on any atom is 0.161 e. The van der Waals surface area contributed by atoms with Gasteiger partial charge in [-0.25, -0.2) is 0 Å². The Bertz CT molecular complexity index is 317. The second kappa shape index (κ2) is 5.96. The lowest BCUT2D eigenvalue weighted by molar-refractivity contribution is 0.310. The van der Waals surface area contributed by atoms with Crippen LogP contribution < -0.4 is 9.47 Å². The van der Waals surface area contributed by atoms with Crippen molar-refractivity contribution < 1.29 is 9.47 Å². The van der Waals surface area contributed by atoms with Gasteiger partial charge in [0.25, 0.3) is 0 Å². The smallest absolute Gasteiger partial charge is 0.161 e. The van der Waals surface area contributed by atoms with Crippen molar-refractivity contribution in [3.05, 3.63) is 23.8 Å². The molecule has 0 saturated carbocycles. The number of rotatable bonds is 5. The van der Waals surface area contributed by atoms with Crippen molar-refractivity contribution in [2.45, 2.75) is 12.7 Å². The average molecular weight is 222 g/mol. The summed E-state index contributed by atoms with van der Waals surface area (Å²) in [5.74, 6) is 2.00. The first-order valence-corrected chi connectivity index (χ1v) is 5.53. The summed E-state index contributed by atoms with van der Waals surface area (Å²) in [7, 11) is 7.50. The van der Waals surface area contributed by atoms with Gasteiger partial charge in [0.2, 0.25) is 0 Å². The van der Waals surface area contributed by atoms with Crippen molar-refractivity contribution in [3.63, 3.8) is 0 Å². The van der Waals surface area contributed by atoms with Crippen LogP contribution in [0.25, 0.3) is 0 Å². The topological polar surface area (TPSA) is 18.5 Å². The second-order valence-electron chi connectivity index (χ2n) is 3.13. The maximum absolute atomic E-state index is 5.88. The molecule has 0 saturated heterocycles. The van der Waals surface area contributed by atoms with Crippen LogP contribution in [0.5, 0.6) is 11.5 Å². The van der Waals surface area contributed by atoms with Gasteiger partial charge in [0, 0.05) is 0 Å². The number of thiol groups is 1. The van der Waals surface area contributed by atoms with E-state index in [1.54, 1.807) is 7.11 Å². The van der Waals surface area contributed by atoms with E-state index in [0.29, 0.717) is 12.4 Å². The summed E-state index contributed by atoms with van der Waals surface area (Å²) in [6.07, 6.45) is 0. The summed E-state index contributed by atoms with van der Waals surface area (Å²) in [6.45, 7) is 2.54. The van der Waals surface area contributed by atoms with Gasteiger partial charge in [-0.1, -0.05) is 6.07 Å². The fourth-order valence-corrected chi connectivity index (χ4v) is 1.51. The second-order valence-corrected chi connectivity index (χ2v) is 3.50. The number of hydrogen-bond acceptors (Lipinski definition) is 3. The molecule has 1 aromatic rings. The van der Waals surface area contributed by atoms with E-state index in [4.69, 9.17) is 17.3 Å². The molecule has 0 fully saturated rings. The molecule has 0 aliphatic rings. The average Bonchev–Trinajstić information content (AvgIpc) is 2.28. The van der Waals surface area contributed by atoms with Crippen molar-refractivity contribution >= 4 is 20.5 Å². The molecule has 0 N–H and O–H groups in total. The molecule has 0 aliphatic carbocycles. The van der Waals surface area contributed by atoms with Crippen molar-refractivity contribution in [1.82, 2.24) is 0 Å². The van der Waals surface area contributed by atoms with E-state index in [2.05, 4.69) is 12.6 Å². The monoisotopic (exact) mass is 222 g/mol. The van der Waals surface area contributed by atoms with E-state index in [-0.39, 0.29) is 5.82 Å². The van der Waals surface area contributed by atoms with Crippen LogP contribution in [0.3, 0.4) is 0 Å². The molecule has 15 heavy (non-hydrogen) atoms. The Morgan fingerprint density at radius 2 is 2.13 bits per heavy atom. The van der Waals surface area contributed by atoms with Crippen LogP contribution in [0, 0.1) is 0 Å². The van der Waals surface area contributed by atoms with Crippen molar-refractivity contribution in [3.8, 4) is 11.5 Å². The Morgan fingerprint density at radius 3 is 2.67 bits per heavy atom. The van der Waals surface area contributed by atoms with Gasteiger partial charge in [-0.15, -0.1) is 0 Å². The van der Waals surface area contributed by atoms with Gasteiger partial charge >= 0.3 is 0 Å². The summed E-state index contributed by atoms with van der Waals surface area (Å²) >= 11 is 4.17. The summed E-state index contributed by atoms with van der Waals surface area (Å²) in [4.78, 5) is 0. The SMILES string of the molecule is [B][C@@H](CS)c1ccc(OC)c(OCC)c1. The quantitative estimate of drug-likeness (QED) is 0.608. The van der Waals surface area contributed by atoms with E-state index in [9.17, 15) is 0 Å². The molecule has 0 amide bonds. The van der Waals surface area contributed by atoms with Gasteiger partial charge in [-0.05, 0) is 36.2 Å². The predicted octanol–water partition coefficient (Wildman–Crippen LogP) is 2.23. The highest BCUT2D eigenvalue weighted by atomic mass is 32.1. The number of methoxy groups -OCH3 is 1. The first kappa shape index (κ1) is 12.3. The molecule has 1 rings (SSSR count). The van der Waals surface area contributed by atoms with Crippen molar-refractivity contribution in [1.29, 1.82) is 0 Å².